The van der Waals surface area contributed by atoms with Gasteiger partial charge in [-0.3, -0.25) is 9.00 Å². The minimum Gasteiger partial charge on any atom is -0.454 e. The van der Waals surface area contributed by atoms with Crippen LogP contribution in [0.4, 0.5) is 0 Å². The first-order chi connectivity index (χ1) is 11.4. The van der Waals surface area contributed by atoms with E-state index in [1.807, 2.05) is 31.4 Å². The second-order valence-electron chi connectivity index (χ2n) is 5.48. The van der Waals surface area contributed by atoms with Crippen molar-refractivity contribution >= 4 is 22.6 Å². The van der Waals surface area contributed by atoms with Crippen molar-refractivity contribution in [2.24, 2.45) is 0 Å². The standard InChI is InChI=1S/C18H21NO4S/c1-5-19-12(2)10-15(13(19)3)16(20)11-23-18(21)14-8-6-7-9-17(14)24(4)22/h6-10H,5,11H2,1-4H3/t24-/m0/s1. The quantitative estimate of drug-likeness (QED) is 0.595. The maximum atomic E-state index is 12.4. The molecule has 0 N–H and O–H groups in total. The van der Waals surface area contributed by atoms with E-state index < -0.39 is 16.8 Å². The number of benzene rings is 1. The van der Waals surface area contributed by atoms with Crippen molar-refractivity contribution in [1.82, 2.24) is 4.57 Å². The molecule has 0 aliphatic heterocycles. The van der Waals surface area contributed by atoms with Crippen LogP contribution in [-0.4, -0.2) is 33.4 Å². The van der Waals surface area contributed by atoms with Crippen molar-refractivity contribution in [3.8, 4) is 0 Å². The highest BCUT2D eigenvalue weighted by atomic mass is 32.2. The molecule has 0 aliphatic carbocycles. The number of carbonyl (C=O) groups is 2. The number of hydrogen-bond donors (Lipinski definition) is 0. The van der Waals surface area contributed by atoms with E-state index in [9.17, 15) is 13.8 Å². The molecule has 0 saturated heterocycles. The van der Waals surface area contributed by atoms with Gasteiger partial charge in [-0.25, -0.2) is 4.79 Å². The van der Waals surface area contributed by atoms with Gasteiger partial charge in [0.15, 0.2) is 6.61 Å². The number of aromatic nitrogens is 1. The van der Waals surface area contributed by atoms with Crippen LogP contribution < -0.4 is 0 Å². The summed E-state index contributed by atoms with van der Waals surface area (Å²) in [6, 6.07) is 8.35. The number of aryl methyl sites for hydroxylation is 1. The molecule has 2 rings (SSSR count). The van der Waals surface area contributed by atoms with Gasteiger partial charge in [-0.05, 0) is 39.0 Å². The van der Waals surface area contributed by atoms with E-state index in [4.69, 9.17) is 4.74 Å². The van der Waals surface area contributed by atoms with Gasteiger partial charge in [-0.15, -0.1) is 0 Å². The molecule has 0 fully saturated rings. The summed E-state index contributed by atoms with van der Waals surface area (Å²) in [7, 11) is -1.31. The summed E-state index contributed by atoms with van der Waals surface area (Å²) in [6.07, 6.45) is 1.50. The highest BCUT2D eigenvalue weighted by Gasteiger charge is 2.19. The van der Waals surface area contributed by atoms with Crippen molar-refractivity contribution in [2.45, 2.75) is 32.2 Å². The van der Waals surface area contributed by atoms with Crippen LogP contribution in [0.3, 0.4) is 0 Å². The van der Waals surface area contributed by atoms with Gasteiger partial charge in [-0.2, -0.15) is 0 Å². The first-order valence-electron chi connectivity index (χ1n) is 7.66. The third-order valence-electron chi connectivity index (χ3n) is 3.94. The van der Waals surface area contributed by atoms with Gasteiger partial charge in [0.2, 0.25) is 5.78 Å². The number of ether oxygens (including phenoxy) is 1. The maximum absolute atomic E-state index is 12.4. The Hall–Kier alpha value is -2.21. The molecule has 0 spiro atoms. The molecule has 0 unspecified atom stereocenters. The van der Waals surface area contributed by atoms with Gasteiger partial charge in [0, 0.05) is 29.8 Å². The molecule has 0 saturated carbocycles. The molecule has 1 atom stereocenters. The van der Waals surface area contributed by atoms with Crippen LogP contribution in [0.5, 0.6) is 0 Å². The van der Waals surface area contributed by atoms with Gasteiger partial charge in [0.1, 0.15) is 0 Å². The van der Waals surface area contributed by atoms with Crippen LogP contribution in [0.15, 0.2) is 35.2 Å². The van der Waals surface area contributed by atoms with Crippen molar-refractivity contribution in [3.63, 3.8) is 0 Å². The Morgan fingerprint density at radius 3 is 2.42 bits per heavy atom. The average Bonchev–Trinajstić information content (AvgIpc) is 2.86. The number of rotatable bonds is 6. The van der Waals surface area contributed by atoms with Crippen LogP contribution in [0.25, 0.3) is 0 Å². The zero-order valence-corrected chi connectivity index (χ0v) is 15.1. The summed E-state index contributed by atoms with van der Waals surface area (Å²) < 4.78 is 18.9. The zero-order chi connectivity index (χ0) is 17.9. The number of ketones is 1. The third-order valence-corrected chi connectivity index (χ3v) is 4.92. The number of Topliss-reactive ketones (excluding diaryl/α,β-unsaturated/α-hetero) is 1. The van der Waals surface area contributed by atoms with Crippen LogP contribution in [-0.2, 0) is 22.1 Å². The SMILES string of the molecule is CCn1c(C)cc(C(=O)COC(=O)c2ccccc2[S@](C)=O)c1C. The number of hydrogen-bond acceptors (Lipinski definition) is 4. The van der Waals surface area contributed by atoms with Crippen LogP contribution in [0, 0.1) is 13.8 Å². The molecular formula is C18H21NO4S. The van der Waals surface area contributed by atoms with Crippen molar-refractivity contribution in [1.29, 1.82) is 0 Å². The van der Waals surface area contributed by atoms with Gasteiger partial charge >= 0.3 is 5.97 Å². The molecule has 1 heterocycles. The lowest BCUT2D eigenvalue weighted by molar-refractivity contribution is 0.0471. The largest absolute Gasteiger partial charge is 0.454 e. The lowest BCUT2D eigenvalue weighted by Crippen LogP contribution is -2.16. The number of esters is 1. The lowest BCUT2D eigenvalue weighted by Gasteiger charge is -2.08. The minimum absolute atomic E-state index is 0.227. The van der Waals surface area contributed by atoms with Gasteiger partial charge < -0.3 is 9.30 Å². The van der Waals surface area contributed by atoms with Crippen LogP contribution >= 0.6 is 0 Å². The first-order valence-corrected chi connectivity index (χ1v) is 9.22. The molecule has 0 bridgehead atoms. The highest BCUT2D eigenvalue weighted by Crippen LogP contribution is 2.17. The summed E-state index contributed by atoms with van der Waals surface area (Å²) in [5.41, 5.74) is 2.65. The fourth-order valence-corrected chi connectivity index (χ4v) is 3.47. The molecular weight excluding hydrogens is 326 g/mol. The smallest absolute Gasteiger partial charge is 0.339 e. The molecule has 2 aromatic rings. The van der Waals surface area contributed by atoms with Crippen LogP contribution in [0.2, 0.25) is 0 Å². The van der Waals surface area contributed by atoms with Gasteiger partial charge in [-0.1, -0.05) is 12.1 Å². The monoisotopic (exact) mass is 347 g/mol. The number of carbonyl (C=O) groups excluding carboxylic acids is 2. The summed E-state index contributed by atoms with van der Waals surface area (Å²) in [6.45, 7) is 6.27. The second-order valence-corrected chi connectivity index (χ2v) is 6.83. The Morgan fingerprint density at radius 2 is 1.83 bits per heavy atom. The van der Waals surface area contributed by atoms with E-state index in [1.165, 1.54) is 6.26 Å². The fourth-order valence-electron chi connectivity index (χ4n) is 2.74. The summed E-state index contributed by atoms with van der Waals surface area (Å²) in [5.74, 6) is -0.885. The van der Waals surface area contributed by atoms with Gasteiger partial charge in [0.25, 0.3) is 0 Å². The highest BCUT2D eigenvalue weighted by molar-refractivity contribution is 7.84. The molecule has 24 heavy (non-hydrogen) atoms. The van der Waals surface area contributed by atoms with E-state index in [-0.39, 0.29) is 18.0 Å². The topological polar surface area (TPSA) is 65.4 Å². The molecule has 0 radical (unpaired) electrons. The Morgan fingerprint density at radius 1 is 1.17 bits per heavy atom. The normalized spacial score (nSPS) is 12.0. The molecule has 128 valence electrons. The maximum Gasteiger partial charge on any atom is 0.339 e. The molecule has 1 aromatic carbocycles. The Balaban J connectivity index is 2.13. The Labute approximate surface area is 144 Å². The van der Waals surface area contributed by atoms with E-state index in [0.717, 1.165) is 17.9 Å². The second kappa shape index (κ2) is 7.57. The lowest BCUT2D eigenvalue weighted by atomic mass is 10.1. The van der Waals surface area contributed by atoms with E-state index in [2.05, 4.69) is 0 Å². The Kier molecular flexibility index (Phi) is 5.72. The third kappa shape index (κ3) is 3.64. The predicted octanol–water partition coefficient (Wildman–Crippen LogP) is 2.90. The van der Waals surface area contributed by atoms with E-state index in [0.29, 0.717) is 10.5 Å². The fraction of sp³-hybridized carbons (Fsp3) is 0.333. The molecule has 0 amide bonds. The van der Waals surface area contributed by atoms with E-state index >= 15 is 0 Å². The summed E-state index contributed by atoms with van der Waals surface area (Å²) >= 11 is 0. The predicted molar refractivity (Wildman–Crippen MR) is 93.0 cm³/mol. The molecule has 0 aliphatic rings. The van der Waals surface area contributed by atoms with Crippen molar-refractivity contribution in [3.05, 3.63) is 52.8 Å². The summed E-state index contributed by atoms with van der Waals surface area (Å²) in [4.78, 5) is 25.0. The minimum atomic E-state index is -1.31. The van der Waals surface area contributed by atoms with Crippen LogP contribution in [0.1, 0.15) is 39.0 Å². The number of nitrogens with zero attached hydrogens (tertiary/aromatic N) is 1. The average molecular weight is 347 g/mol. The first kappa shape index (κ1) is 18.1. The van der Waals surface area contributed by atoms with E-state index in [1.54, 1.807) is 24.3 Å². The van der Waals surface area contributed by atoms with Gasteiger partial charge in [0.05, 0.1) is 21.3 Å². The van der Waals surface area contributed by atoms with Crippen molar-refractivity contribution in [2.75, 3.05) is 12.9 Å². The zero-order valence-electron chi connectivity index (χ0n) is 14.3. The van der Waals surface area contributed by atoms with Crippen molar-refractivity contribution < 1.29 is 18.5 Å². The molecule has 5 nitrogen and oxygen atoms in total. The molecule has 6 heteroatoms. The Bertz CT molecular complexity index is 807. The molecule has 1 aromatic heterocycles. The summed E-state index contributed by atoms with van der Waals surface area (Å²) in [5, 5.41) is 0.